The summed E-state index contributed by atoms with van der Waals surface area (Å²) in [6.45, 7) is 1.90. The Labute approximate surface area is 65.8 Å². The minimum atomic E-state index is 0.0822. The lowest BCUT2D eigenvalue weighted by Crippen LogP contribution is -2.31. The van der Waals surface area contributed by atoms with Crippen LogP contribution in [0, 0.1) is 0 Å². The van der Waals surface area contributed by atoms with Gasteiger partial charge in [-0.3, -0.25) is 5.32 Å². The maximum absolute atomic E-state index is 5.48. The molecule has 3 heteroatoms. The summed E-state index contributed by atoms with van der Waals surface area (Å²) in [4.78, 5) is 3.12. The Morgan fingerprint density at radius 1 is 1.55 bits per heavy atom. The van der Waals surface area contributed by atoms with Crippen molar-refractivity contribution in [1.82, 2.24) is 10.3 Å². The van der Waals surface area contributed by atoms with Gasteiger partial charge in [-0.2, -0.15) is 0 Å². The molecule has 1 saturated heterocycles. The molecule has 1 aliphatic rings. The van der Waals surface area contributed by atoms with Gasteiger partial charge in [0, 0.05) is 12.7 Å². The molecule has 1 aromatic rings. The van der Waals surface area contributed by atoms with Crippen molar-refractivity contribution >= 4 is 0 Å². The maximum atomic E-state index is 5.48. The second-order valence-corrected chi connectivity index (χ2v) is 2.68. The largest absolute Gasteiger partial charge is 0.362 e. The van der Waals surface area contributed by atoms with Crippen LogP contribution in [-0.4, -0.2) is 18.1 Å². The summed E-state index contributed by atoms with van der Waals surface area (Å²) in [7, 11) is 0. The zero-order chi connectivity index (χ0) is 7.52. The third kappa shape index (κ3) is 1.44. The lowest BCUT2D eigenvalue weighted by atomic mass is 10.3. The van der Waals surface area contributed by atoms with Crippen LogP contribution in [0.5, 0.6) is 0 Å². The lowest BCUT2D eigenvalue weighted by Gasteiger charge is -2.22. The molecule has 0 radical (unpaired) electrons. The molecule has 1 aliphatic heterocycles. The summed E-state index contributed by atoms with van der Waals surface area (Å²) >= 11 is 0. The first-order valence-corrected chi connectivity index (χ1v) is 3.95. The average Bonchev–Trinajstić information content (AvgIpc) is 2.58. The molecule has 2 heterocycles. The maximum Gasteiger partial charge on any atom is 0.149 e. The van der Waals surface area contributed by atoms with E-state index >= 15 is 0 Å². The molecule has 0 spiro atoms. The van der Waals surface area contributed by atoms with Crippen molar-refractivity contribution < 1.29 is 4.74 Å². The third-order valence-corrected chi connectivity index (χ3v) is 1.84. The van der Waals surface area contributed by atoms with Crippen molar-refractivity contribution in [3.8, 4) is 0 Å². The Morgan fingerprint density at radius 2 is 2.55 bits per heavy atom. The van der Waals surface area contributed by atoms with Crippen molar-refractivity contribution in [2.24, 2.45) is 0 Å². The highest BCUT2D eigenvalue weighted by Crippen LogP contribution is 2.14. The van der Waals surface area contributed by atoms with Crippen LogP contribution in [0.1, 0.15) is 18.3 Å². The standard InChI is InChI=1S/C8H12N2O/c1-3-7(9-4-1)8-10-5-2-6-11-8/h1,3-4,8-10H,2,5-6H2. The van der Waals surface area contributed by atoms with Crippen LogP contribution >= 0.6 is 0 Å². The second-order valence-electron chi connectivity index (χ2n) is 2.68. The smallest absolute Gasteiger partial charge is 0.149 e. The molecule has 0 aromatic carbocycles. The summed E-state index contributed by atoms with van der Waals surface area (Å²) in [5.74, 6) is 0. The van der Waals surface area contributed by atoms with Gasteiger partial charge in [0.1, 0.15) is 6.23 Å². The number of hydrogen-bond donors (Lipinski definition) is 2. The van der Waals surface area contributed by atoms with Crippen LogP contribution in [0.15, 0.2) is 18.3 Å². The van der Waals surface area contributed by atoms with Crippen LogP contribution in [0.2, 0.25) is 0 Å². The summed E-state index contributed by atoms with van der Waals surface area (Å²) in [5, 5.41) is 3.27. The van der Waals surface area contributed by atoms with Crippen LogP contribution in [0.4, 0.5) is 0 Å². The van der Waals surface area contributed by atoms with Crippen LogP contribution in [0.25, 0.3) is 0 Å². The Kier molecular flexibility index (Phi) is 1.92. The first kappa shape index (κ1) is 6.88. The Bertz CT molecular complexity index is 202. The fraction of sp³-hybridized carbons (Fsp3) is 0.500. The van der Waals surface area contributed by atoms with Crippen molar-refractivity contribution in [3.63, 3.8) is 0 Å². The van der Waals surface area contributed by atoms with E-state index in [1.54, 1.807) is 0 Å². The van der Waals surface area contributed by atoms with E-state index in [-0.39, 0.29) is 6.23 Å². The van der Waals surface area contributed by atoms with Crippen molar-refractivity contribution in [2.45, 2.75) is 12.6 Å². The summed E-state index contributed by atoms with van der Waals surface area (Å²) in [6, 6.07) is 4.01. The number of nitrogens with one attached hydrogen (secondary N) is 2. The van der Waals surface area contributed by atoms with Crippen molar-refractivity contribution in [3.05, 3.63) is 24.0 Å². The second kappa shape index (κ2) is 3.07. The lowest BCUT2D eigenvalue weighted by molar-refractivity contribution is -0.00267. The van der Waals surface area contributed by atoms with Gasteiger partial charge < -0.3 is 9.72 Å². The van der Waals surface area contributed by atoms with Gasteiger partial charge in [-0.1, -0.05) is 0 Å². The molecular weight excluding hydrogens is 140 g/mol. The third-order valence-electron chi connectivity index (χ3n) is 1.84. The minimum absolute atomic E-state index is 0.0822. The predicted molar refractivity (Wildman–Crippen MR) is 42.1 cm³/mol. The SMILES string of the molecule is c1c[nH]c(C2NCCCO2)c1. The average molecular weight is 152 g/mol. The van der Waals surface area contributed by atoms with Gasteiger partial charge in [-0.25, -0.2) is 0 Å². The Balaban J connectivity index is 2.04. The number of aromatic nitrogens is 1. The van der Waals surface area contributed by atoms with Crippen LogP contribution in [-0.2, 0) is 4.74 Å². The number of aromatic amines is 1. The number of hydrogen-bond acceptors (Lipinski definition) is 2. The van der Waals surface area contributed by atoms with E-state index in [0.29, 0.717) is 0 Å². The molecule has 1 atom stereocenters. The highest BCUT2D eigenvalue weighted by atomic mass is 16.5. The quantitative estimate of drug-likeness (QED) is 0.630. The number of rotatable bonds is 1. The molecule has 3 nitrogen and oxygen atoms in total. The van der Waals surface area contributed by atoms with Crippen LogP contribution in [0.3, 0.4) is 0 Å². The Hall–Kier alpha value is -0.800. The summed E-state index contributed by atoms with van der Waals surface area (Å²) < 4.78 is 5.48. The molecule has 11 heavy (non-hydrogen) atoms. The zero-order valence-electron chi connectivity index (χ0n) is 6.34. The van der Waals surface area contributed by atoms with E-state index in [0.717, 1.165) is 25.3 Å². The molecule has 0 aliphatic carbocycles. The number of ether oxygens (including phenoxy) is 1. The molecular formula is C8H12N2O. The van der Waals surface area contributed by atoms with E-state index in [4.69, 9.17) is 4.74 Å². The summed E-state index contributed by atoms with van der Waals surface area (Å²) in [6.07, 6.45) is 3.10. The molecule has 60 valence electrons. The fourth-order valence-electron chi connectivity index (χ4n) is 1.27. The van der Waals surface area contributed by atoms with Gasteiger partial charge in [0.25, 0.3) is 0 Å². The highest BCUT2D eigenvalue weighted by Gasteiger charge is 2.14. The monoisotopic (exact) mass is 152 g/mol. The molecule has 0 amide bonds. The fourth-order valence-corrected chi connectivity index (χ4v) is 1.27. The van der Waals surface area contributed by atoms with E-state index in [1.807, 2.05) is 18.3 Å². The summed E-state index contributed by atoms with van der Waals surface area (Å²) in [5.41, 5.74) is 1.12. The van der Waals surface area contributed by atoms with Crippen molar-refractivity contribution in [2.75, 3.05) is 13.2 Å². The van der Waals surface area contributed by atoms with Gasteiger partial charge in [-0.15, -0.1) is 0 Å². The van der Waals surface area contributed by atoms with E-state index in [2.05, 4.69) is 10.3 Å². The molecule has 2 N–H and O–H groups in total. The molecule has 2 rings (SSSR count). The van der Waals surface area contributed by atoms with Gasteiger partial charge in [0.15, 0.2) is 0 Å². The number of H-pyrrole nitrogens is 1. The van der Waals surface area contributed by atoms with E-state index in [9.17, 15) is 0 Å². The molecule has 1 fully saturated rings. The minimum Gasteiger partial charge on any atom is -0.362 e. The van der Waals surface area contributed by atoms with Crippen LogP contribution < -0.4 is 5.32 Å². The normalized spacial score (nSPS) is 25.3. The van der Waals surface area contributed by atoms with Crippen molar-refractivity contribution in [1.29, 1.82) is 0 Å². The highest BCUT2D eigenvalue weighted by molar-refractivity contribution is 5.06. The van der Waals surface area contributed by atoms with Gasteiger partial charge in [0.2, 0.25) is 0 Å². The van der Waals surface area contributed by atoms with E-state index in [1.165, 1.54) is 0 Å². The van der Waals surface area contributed by atoms with Gasteiger partial charge >= 0.3 is 0 Å². The van der Waals surface area contributed by atoms with Gasteiger partial charge in [0.05, 0.1) is 12.3 Å². The Morgan fingerprint density at radius 3 is 3.18 bits per heavy atom. The predicted octanol–water partition coefficient (Wildman–Crippen LogP) is 1.02. The zero-order valence-corrected chi connectivity index (χ0v) is 6.34. The molecule has 0 saturated carbocycles. The molecule has 1 aromatic heterocycles. The van der Waals surface area contributed by atoms with Gasteiger partial charge in [-0.05, 0) is 18.6 Å². The first-order valence-electron chi connectivity index (χ1n) is 3.95. The molecule has 1 unspecified atom stereocenters. The van der Waals surface area contributed by atoms with E-state index < -0.39 is 0 Å². The topological polar surface area (TPSA) is 37.0 Å². The molecule has 0 bridgehead atoms. The first-order chi connectivity index (χ1) is 5.47.